The van der Waals surface area contributed by atoms with E-state index in [9.17, 15) is 0 Å². The van der Waals surface area contributed by atoms with Gasteiger partial charge in [0.25, 0.3) is 0 Å². The first kappa shape index (κ1) is 11.7. The van der Waals surface area contributed by atoms with Crippen molar-refractivity contribution in [2.45, 2.75) is 26.3 Å². The Labute approximate surface area is 103 Å². The average Bonchev–Trinajstić information content (AvgIpc) is 2.84. The van der Waals surface area contributed by atoms with E-state index in [1.54, 1.807) is 22.7 Å². The van der Waals surface area contributed by atoms with Gasteiger partial charge in [-0.05, 0) is 35.7 Å². The highest BCUT2D eigenvalue weighted by Gasteiger charge is 2.14. The second kappa shape index (κ2) is 5.05. The van der Waals surface area contributed by atoms with Gasteiger partial charge in [0.2, 0.25) is 0 Å². The molecule has 0 bridgehead atoms. The summed E-state index contributed by atoms with van der Waals surface area (Å²) < 4.78 is 0. The third-order valence-electron chi connectivity index (χ3n) is 2.55. The van der Waals surface area contributed by atoms with Crippen LogP contribution in [0, 0.1) is 13.8 Å². The Bertz CT molecular complexity index is 461. The Kier molecular flexibility index (Phi) is 3.70. The molecule has 2 aromatic rings. The van der Waals surface area contributed by atoms with E-state index in [0.717, 1.165) is 17.1 Å². The highest BCUT2D eigenvalue weighted by molar-refractivity contribution is 7.09. The molecule has 2 aromatic heterocycles. The van der Waals surface area contributed by atoms with Crippen molar-refractivity contribution < 1.29 is 0 Å². The van der Waals surface area contributed by atoms with Gasteiger partial charge in [0, 0.05) is 11.8 Å². The summed E-state index contributed by atoms with van der Waals surface area (Å²) in [6, 6.07) is 0.160. The largest absolute Gasteiger partial charge is 0.271 e. The maximum atomic E-state index is 5.62. The van der Waals surface area contributed by atoms with Crippen molar-refractivity contribution in [3.63, 3.8) is 0 Å². The van der Waals surface area contributed by atoms with Crippen LogP contribution in [0.15, 0.2) is 16.1 Å². The summed E-state index contributed by atoms with van der Waals surface area (Å²) in [5, 5.41) is 7.50. The van der Waals surface area contributed by atoms with Crippen LogP contribution in [0.5, 0.6) is 0 Å². The van der Waals surface area contributed by atoms with Crippen molar-refractivity contribution in [2.24, 2.45) is 5.84 Å². The Morgan fingerprint density at radius 1 is 1.38 bits per heavy atom. The molecule has 0 spiro atoms. The fraction of sp³-hybridized carbons (Fsp3) is 0.364. The molecule has 2 heterocycles. The molecule has 0 aromatic carbocycles. The van der Waals surface area contributed by atoms with Crippen molar-refractivity contribution >= 4 is 22.7 Å². The molecular formula is C11H15N3S2. The number of hydrogen-bond acceptors (Lipinski definition) is 5. The minimum absolute atomic E-state index is 0.160. The van der Waals surface area contributed by atoms with Gasteiger partial charge in [0.1, 0.15) is 0 Å². The zero-order chi connectivity index (χ0) is 11.5. The molecule has 0 saturated carbocycles. The molecule has 1 unspecified atom stereocenters. The molecule has 0 saturated heterocycles. The van der Waals surface area contributed by atoms with E-state index in [4.69, 9.17) is 5.84 Å². The minimum Gasteiger partial charge on any atom is -0.271 e. The molecule has 0 radical (unpaired) electrons. The Morgan fingerprint density at radius 3 is 2.69 bits per heavy atom. The summed E-state index contributed by atoms with van der Waals surface area (Å²) in [6.45, 7) is 4.14. The van der Waals surface area contributed by atoms with Crippen LogP contribution >= 0.6 is 22.7 Å². The molecule has 0 amide bonds. The zero-order valence-corrected chi connectivity index (χ0v) is 11.0. The van der Waals surface area contributed by atoms with Crippen molar-refractivity contribution in [3.05, 3.63) is 38.0 Å². The van der Waals surface area contributed by atoms with Gasteiger partial charge in [-0.3, -0.25) is 11.3 Å². The van der Waals surface area contributed by atoms with Crippen LogP contribution in [0.3, 0.4) is 0 Å². The van der Waals surface area contributed by atoms with Crippen LogP contribution in [0.4, 0.5) is 0 Å². The van der Waals surface area contributed by atoms with Crippen LogP contribution < -0.4 is 11.3 Å². The van der Waals surface area contributed by atoms with Gasteiger partial charge in [-0.2, -0.15) is 11.3 Å². The Hall–Kier alpha value is -0.750. The molecule has 2 rings (SSSR count). The highest BCUT2D eigenvalue weighted by atomic mass is 32.1. The maximum absolute atomic E-state index is 5.62. The van der Waals surface area contributed by atoms with Crippen molar-refractivity contribution in [3.8, 4) is 0 Å². The lowest BCUT2D eigenvalue weighted by Crippen LogP contribution is -2.29. The zero-order valence-electron chi connectivity index (χ0n) is 9.36. The quantitative estimate of drug-likeness (QED) is 0.650. The number of nitrogens with two attached hydrogens (primary N) is 1. The summed E-state index contributed by atoms with van der Waals surface area (Å²) in [4.78, 5) is 4.46. The lowest BCUT2D eigenvalue weighted by molar-refractivity contribution is 0.546. The molecule has 3 nitrogen and oxygen atoms in total. The van der Waals surface area contributed by atoms with E-state index < -0.39 is 0 Å². The number of nitrogens with one attached hydrogen (secondary N) is 1. The standard InChI is InChI=1S/C11H15N3S2/c1-7-4-15-6-10(7)11(14-12)3-9-5-16-8(2)13-9/h4-6,11,14H,3,12H2,1-2H3. The van der Waals surface area contributed by atoms with Crippen molar-refractivity contribution in [2.75, 3.05) is 0 Å². The van der Waals surface area contributed by atoms with Gasteiger partial charge in [0.05, 0.1) is 16.7 Å². The van der Waals surface area contributed by atoms with E-state index in [-0.39, 0.29) is 6.04 Å². The first-order chi connectivity index (χ1) is 7.70. The predicted molar refractivity (Wildman–Crippen MR) is 69.7 cm³/mol. The van der Waals surface area contributed by atoms with Gasteiger partial charge in [-0.25, -0.2) is 4.98 Å². The smallest absolute Gasteiger partial charge is 0.0897 e. The van der Waals surface area contributed by atoms with E-state index in [0.29, 0.717) is 0 Å². The number of nitrogens with zero attached hydrogens (tertiary/aromatic N) is 1. The van der Waals surface area contributed by atoms with Gasteiger partial charge in [0.15, 0.2) is 0 Å². The predicted octanol–water partition coefficient (Wildman–Crippen LogP) is 2.57. The van der Waals surface area contributed by atoms with E-state index in [1.807, 2.05) is 6.92 Å². The molecule has 0 fully saturated rings. The third kappa shape index (κ3) is 2.49. The van der Waals surface area contributed by atoms with Gasteiger partial charge < -0.3 is 0 Å². The SMILES string of the molecule is Cc1nc(CC(NN)c2cscc2C)cs1. The minimum atomic E-state index is 0.160. The summed E-state index contributed by atoms with van der Waals surface area (Å²) in [7, 11) is 0. The summed E-state index contributed by atoms with van der Waals surface area (Å²) in [5.74, 6) is 5.62. The highest BCUT2D eigenvalue weighted by Crippen LogP contribution is 2.24. The molecule has 5 heteroatoms. The second-order valence-corrected chi connectivity index (χ2v) is 5.60. The molecule has 86 valence electrons. The average molecular weight is 253 g/mol. The lowest BCUT2D eigenvalue weighted by atomic mass is 10.0. The van der Waals surface area contributed by atoms with E-state index in [1.165, 1.54) is 11.1 Å². The van der Waals surface area contributed by atoms with E-state index >= 15 is 0 Å². The Balaban J connectivity index is 2.15. The summed E-state index contributed by atoms with van der Waals surface area (Å²) in [6.07, 6.45) is 0.846. The first-order valence-corrected chi connectivity index (χ1v) is 6.92. The monoisotopic (exact) mass is 253 g/mol. The van der Waals surface area contributed by atoms with Gasteiger partial charge in [-0.1, -0.05) is 0 Å². The number of thiophene rings is 1. The van der Waals surface area contributed by atoms with Crippen LogP contribution in [0.2, 0.25) is 0 Å². The summed E-state index contributed by atoms with van der Waals surface area (Å²) >= 11 is 3.39. The molecule has 0 aliphatic rings. The molecule has 3 N–H and O–H groups in total. The maximum Gasteiger partial charge on any atom is 0.0897 e. The van der Waals surface area contributed by atoms with Crippen LogP contribution in [-0.2, 0) is 6.42 Å². The van der Waals surface area contributed by atoms with Crippen LogP contribution in [0.25, 0.3) is 0 Å². The second-order valence-electron chi connectivity index (χ2n) is 3.79. The van der Waals surface area contributed by atoms with Crippen LogP contribution in [-0.4, -0.2) is 4.98 Å². The number of aromatic nitrogens is 1. The fourth-order valence-corrected chi connectivity index (χ4v) is 3.23. The van der Waals surface area contributed by atoms with Crippen LogP contribution in [0.1, 0.15) is 27.9 Å². The fourth-order valence-electron chi connectivity index (χ4n) is 1.70. The number of aryl methyl sites for hydroxylation is 2. The number of hydrazine groups is 1. The lowest BCUT2D eigenvalue weighted by Gasteiger charge is -2.14. The van der Waals surface area contributed by atoms with Gasteiger partial charge >= 0.3 is 0 Å². The van der Waals surface area contributed by atoms with Crippen molar-refractivity contribution in [1.29, 1.82) is 0 Å². The van der Waals surface area contributed by atoms with Crippen molar-refractivity contribution in [1.82, 2.24) is 10.4 Å². The number of rotatable bonds is 4. The number of hydrogen-bond donors (Lipinski definition) is 2. The third-order valence-corrected chi connectivity index (χ3v) is 4.25. The first-order valence-electron chi connectivity index (χ1n) is 5.10. The molecule has 0 aliphatic carbocycles. The van der Waals surface area contributed by atoms with E-state index in [2.05, 4.69) is 33.5 Å². The normalized spacial score (nSPS) is 12.9. The molecule has 16 heavy (non-hydrogen) atoms. The summed E-state index contributed by atoms with van der Waals surface area (Å²) in [5.41, 5.74) is 6.55. The molecule has 1 atom stereocenters. The van der Waals surface area contributed by atoms with Gasteiger partial charge in [-0.15, -0.1) is 11.3 Å². The molecule has 0 aliphatic heterocycles. The Morgan fingerprint density at radius 2 is 2.19 bits per heavy atom. The number of thiazole rings is 1. The topological polar surface area (TPSA) is 50.9 Å². The molecular weight excluding hydrogens is 238 g/mol.